The third-order valence-electron chi connectivity index (χ3n) is 6.24. The molecule has 2 aromatic carbocycles. The number of phenolic OH excluding ortho intramolecular Hbond substituents is 1. The topological polar surface area (TPSA) is 81.2 Å². The molecular formula is C24H25Cl2N3O4. The van der Waals surface area contributed by atoms with E-state index in [-0.39, 0.29) is 35.0 Å². The molecule has 0 spiro atoms. The quantitative estimate of drug-likeness (QED) is 0.714. The molecule has 4 rings (SSSR count). The predicted octanol–water partition coefficient (Wildman–Crippen LogP) is 3.54. The zero-order valence-corrected chi connectivity index (χ0v) is 19.6. The van der Waals surface area contributed by atoms with E-state index in [4.69, 9.17) is 23.2 Å². The van der Waals surface area contributed by atoms with Crippen molar-refractivity contribution in [3.05, 3.63) is 63.6 Å². The van der Waals surface area contributed by atoms with Gasteiger partial charge in [-0.1, -0.05) is 35.3 Å². The summed E-state index contributed by atoms with van der Waals surface area (Å²) in [5.74, 6) is -0.711. The minimum Gasteiger partial charge on any atom is -0.507 e. The van der Waals surface area contributed by atoms with Crippen molar-refractivity contribution in [1.82, 2.24) is 14.7 Å². The van der Waals surface area contributed by atoms with Gasteiger partial charge in [0.05, 0.1) is 21.5 Å². The van der Waals surface area contributed by atoms with E-state index in [0.717, 1.165) is 12.8 Å². The molecule has 33 heavy (non-hydrogen) atoms. The van der Waals surface area contributed by atoms with E-state index in [9.17, 15) is 19.5 Å². The monoisotopic (exact) mass is 489 g/mol. The van der Waals surface area contributed by atoms with E-state index in [2.05, 4.69) is 0 Å². The molecule has 1 N–H and O–H groups in total. The summed E-state index contributed by atoms with van der Waals surface area (Å²) < 4.78 is 0. The van der Waals surface area contributed by atoms with Crippen LogP contribution in [0.3, 0.4) is 0 Å². The number of amides is 3. The number of phenols is 1. The Hall–Kier alpha value is -2.77. The van der Waals surface area contributed by atoms with Gasteiger partial charge in [-0.3, -0.25) is 14.4 Å². The summed E-state index contributed by atoms with van der Waals surface area (Å²) in [6.07, 6.45) is 1.47. The van der Waals surface area contributed by atoms with Crippen LogP contribution in [0.4, 0.5) is 0 Å². The van der Waals surface area contributed by atoms with Gasteiger partial charge in [-0.25, -0.2) is 0 Å². The van der Waals surface area contributed by atoms with Crippen LogP contribution in [0.25, 0.3) is 0 Å². The third kappa shape index (κ3) is 5.09. The van der Waals surface area contributed by atoms with Crippen LogP contribution >= 0.6 is 23.2 Å². The highest BCUT2D eigenvalue weighted by molar-refractivity contribution is 6.42. The van der Waals surface area contributed by atoms with Gasteiger partial charge in [0.1, 0.15) is 5.75 Å². The molecule has 2 aliphatic heterocycles. The van der Waals surface area contributed by atoms with Crippen LogP contribution < -0.4 is 0 Å². The fraction of sp³-hybridized carbons (Fsp3) is 0.375. The summed E-state index contributed by atoms with van der Waals surface area (Å²) in [5, 5.41) is 10.7. The number of hydrogen-bond donors (Lipinski definition) is 1. The third-order valence-corrected chi connectivity index (χ3v) is 6.98. The molecule has 0 aliphatic carbocycles. The summed E-state index contributed by atoms with van der Waals surface area (Å²) in [6, 6.07) is 11.3. The zero-order valence-electron chi connectivity index (χ0n) is 18.0. The van der Waals surface area contributed by atoms with Crippen molar-refractivity contribution in [2.75, 3.05) is 39.3 Å². The van der Waals surface area contributed by atoms with Gasteiger partial charge in [0.2, 0.25) is 5.91 Å². The van der Waals surface area contributed by atoms with Gasteiger partial charge in [-0.15, -0.1) is 0 Å². The van der Waals surface area contributed by atoms with Gasteiger partial charge in [-0.05, 0) is 43.2 Å². The Labute approximate surface area is 202 Å². The minimum absolute atomic E-state index is 0.0105. The molecule has 174 valence electrons. The maximum atomic E-state index is 13.2. The smallest absolute Gasteiger partial charge is 0.257 e. The molecule has 2 aromatic rings. The first-order valence-corrected chi connectivity index (χ1v) is 11.7. The van der Waals surface area contributed by atoms with Crippen LogP contribution in [-0.4, -0.2) is 76.8 Å². The summed E-state index contributed by atoms with van der Waals surface area (Å²) >= 11 is 12.0. The van der Waals surface area contributed by atoms with Crippen molar-refractivity contribution < 1.29 is 19.5 Å². The molecule has 3 amide bonds. The lowest BCUT2D eigenvalue weighted by Crippen LogP contribution is -2.54. The molecule has 2 saturated heterocycles. The minimum atomic E-state index is -0.272. The fourth-order valence-electron chi connectivity index (χ4n) is 4.39. The number of piperidine rings is 1. The molecule has 2 aliphatic rings. The number of rotatable bonds is 3. The van der Waals surface area contributed by atoms with Crippen LogP contribution in [0.2, 0.25) is 10.0 Å². The van der Waals surface area contributed by atoms with E-state index in [1.165, 1.54) is 6.07 Å². The van der Waals surface area contributed by atoms with Crippen molar-refractivity contribution in [3.63, 3.8) is 0 Å². The van der Waals surface area contributed by atoms with Crippen molar-refractivity contribution >= 4 is 40.9 Å². The highest BCUT2D eigenvalue weighted by Crippen LogP contribution is 2.26. The van der Waals surface area contributed by atoms with Gasteiger partial charge in [0, 0.05) is 44.8 Å². The number of likely N-dealkylation sites (tertiary alicyclic amines) is 1. The van der Waals surface area contributed by atoms with E-state index < -0.39 is 0 Å². The molecule has 0 bridgehead atoms. The number of hydrogen-bond acceptors (Lipinski definition) is 4. The molecule has 7 nitrogen and oxygen atoms in total. The SMILES string of the molecule is O=C(c1ccc(Cl)c(Cl)c1)N1CCCC(C(=O)N2CCN(C(=O)c3ccccc3O)CC2)C1. The van der Waals surface area contributed by atoms with Gasteiger partial charge in [-0.2, -0.15) is 0 Å². The molecule has 9 heteroatoms. The number of carbonyl (C=O) groups is 3. The molecule has 2 heterocycles. The first-order valence-electron chi connectivity index (χ1n) is 11.0. The second kappa shape index (κ2) is 10.0. The Kier molecular flexibility index (Phi) is 7.10. The maximum Gasteiger partial charge on any atom is 0.257 e. The standard InChI is InChI=1S/C24H25Cl2N3O4/c25-19-8-7-16(14-20(19)26)22(31)29-9-3-4-17(15-29)23(32)27-10-12-28(13-11-27)24(33)18-5-1-2-6-21(18)30/h1-2,5-8,14,17,30H,3-4,9-13,15H2. The lowest BCUT2D eigenvalue weighted by molar-refractivity contribution is -0.138. The number of carbonyl (C=O) groups excluding carboxylic acids is 3. The Morgan fingerprint density at radius 1 is 0.818 bits per heavy atom. The van der Waals surface area contributed by atoms with E-state index >= 15 is 0 Å². The zero-order chi connectivity index (χ0) is 23.5. The second-order valence-electron chi connectivity index (χ2n) is 8.35. The van der Waals surface area contributed by atoms with Gasteiger partial charge < -0.3 is 19.8 Å². The molecular weight excluding hydrogens is 465 g/mol. The van der Waals surface area contributed by atoms with Crippen LogP contribution in [-0.2, 0) is 4.79 Å². The van der Waals surface area contributed by atoms with Crippen LogP contribution in [0, 0.1) is 5.92 Å². The lowest BCUT2D eigenvalue weighted by Gasteiger charge is -2.39. The number of benzene rings is 2. The van der Waals surface area contributed by atoms with E-state index in [1.807, 2.05) is 0 Å². The Morgan fingerprint density at radius 2 is 1.52 bits per heavy atom. The maximum absolute atomic E-state index is 13.2. The summed E-state index contributed by atoms with van der Waals surface area (Å²) in [6.45, 7) is 2.60. The van der Waals surface area contributed by atoms with Crippen molar-refractivity contribution in [2.45, 2.75) is 12.8 Å². The summed E-state index contributed by atoms with van der Waals surface area (Å²) in [4.78, 5) is 43.9. The van der Waals surface area contributed by atoms with Gasteiger partial charge >= 0.3 is 0 Å². The number of para-hydroxylation sites is 1. The largest absolute Gasteiger partial charge is 0.507 e. The molecule has 1 unspecified atom stereocenters. The second-order valence-corrected chi connectivity index (χ2v) is 9.17. The molecule has 0 aromatic heterocycles. The number of halogens is 2. The average molecular weight is 490 g/mol. The fourth-order valence-corrected chi connectivity index (χ4v) is 4.69. The molecule has 2 fully saturated rings. The number of nitrogens with zero attached hydrogens (tertiary/aromatic N) is 3. The van der Waals surface area contributed by atoms with Crippen molar-refractivity contribution in [3.8, 4) is 5.75 Å². The molecule has 0 radical (unpaired) electrons. The van der Waals surface area contributed by atoms with Crippen LogP contribution in [0.1, 0.15) is 33.6 Å². The highest BCUT2D eigenvalue weighted by Gasteiger charge is 2.34. The normalized spacial score (nSPS) is 18.8. The lowest BCUT2D eigenvalue weighted by atomic mass is 9.95. The predicted molar refractivity (Wildman–Crippen MR) is 126 cm³/mol. The summed E-state index contributed by atoms with van der Waals surface area (Å²) in [5.41, 5.74) is 0.717. The Balaban J connectivity index is 1.35. The van der Waals surface area contributed by atoms with Gasteiger partial charge in [0.25, 0.3) is 11.8 Å². The molecule has 1 atom stereocenters. The van der Waals surface area contributed by atoms with Crippen LogP contribution in [0.15, 0.2) is 42.5 Å². The number of aromatic hydroxyl groups is 1. The first kappa shape index (κ1) is 23.4. The Bertz CT molecular complexity index is 1070. The Morgan fingerprint density at radius 3 is 2.21 bits per heavy atom. The van der Waals surface area contributed by atoms with E-state index in [0.29, 0.717) is 54.9 Å². The van der Waals surface area contributed by atoms with Gasteiger partial charge in [0.15, 0.2) is 0 Å². The first-order chi connectivity index (χ1) is 15.8. The van der Waals surface area contributed by atoms with E-state index in [1.54, 1.807) is 51.1 Å². The highest BCUT2D eigenvalue weighted by atomic mass is 35.5. The molecule has 0 saturated carbocycles. The average Bonchev–Trinajstić information content (AvgIpc) is 2.85. The number of piperazine rings is 1. The van der Waals surface area contributed by atoms with Crippen molar-refractivity contribution in [2.24, 2.45) is 5.92 Å². The van der Waals surface area contributed by atoms with Crippen molar-refractivity contribution in [1.29, 1.82) is 0 Å². The summed E-state index contributed by atoms with van der Waals surface area (Å²) in [7, 11) is 0. The van der Waals surface area contributed by atoms with Crippen LogP contribution in [0.5, 0.6) is 5.75 Å².